The van der Waals surface area contributed by atoms with Crippen LogP contribution in [0.15, 0.2) is 0 Å². The molecule has 0 radical (unpaired) electrons. The van der Waals surface area contributed by atoms with E-state index in [1.54, 1.807) is 0 Å². The van der Waals surface area contributed by atoms with Gasteiger partial charge in [-0.2, -0.15) is 0 Å². The maximum atomic E-state index is 5.46. The van der Waals surface area contributed by atoms with Crippen molar-refractivity contribution in [1.82, 2.24) is 0 Å². The van der Waals surface area contributed by atoms with E-state index in [-0.39, 0.29) is 0 Å². The highest BCUT2D eigenvalue weighted by molar-refractivity contribution is 9.09. The van der Waals surface area contributed by atoms with E-state index in [9.17, 15) is 0 Å². The molecule has 0 aliphatic carbocycles. The summed E-state index contributed by atoms with van der Waals surface area (Å²) >= 11 is 3.35. The van der Waals surface area contributed by atoms with Crippen molar-refractivity contribution in [3.63, 3.8) is 0 Å². The Morgan fingerprint density at radius 1 is 1.27 bits per heavy atom. The lowest BCUT2D eigenvalue weighted by Gasteiger charge is -2.22. The molecule has 0 aliphatic heterocycles. The zero-order chi connectivity index (χ0) is 8.74. The Balaban J connectivity index is 3.91. The maximum Gasteiger partial charge on any atom is 0.118 e. The Morgan fingerprint density at radius 3 is 2.00 bits per heavy atom. The molecule has 0 saturated carbocycles. The van der Waals surface area contributed by atoms with E-state index in [2.05, 4.69) is 22.2 Å². The monoisotopic (exact) mass is 242 g/mol. The Bertz CT molecular complexity index is 115. The smallest absolute Gasteiger partial charge is 0.118 e. The lowest BCUT2D eigenvalue weighted by atomic mass is 10.9. The molecule has 0 fully saturated rings. The molecule has 0 aromatic carbocycles. The standard InChI is InChI=1S/C7H16BrO2P/c1-4-9-11(3,7-6-8)10-5-2/h3-7H2,1-2H3. The summed E-state index contributed by atoms with van der Waals surface area (Å²) in [4.78, 5) is 0. The number of halogens is 1. The minimum absolute atomic E-state index is 0.685. The Morgan fingerprint density at radius 2 is 1.73 bits per heavy atom. The van der Waals surface area contributed by atoms with Gasteiger partial charge >= 0.3 is 0 Å². The van der Waals surface area contributed by atoms with Gasteiger partial charge in [-0.25, -0.2) is 0 Å². The summed E-state index contributed by atoms with van der Waals surface area (Å²) in [5, 5.41) is 0.893. The lowest BCUT2D eigenvalue weighted by molar-refractivity contribution is 0.266. The number of hydrogen-bond acceptors (Lipinski definition) is 2. The molecule has 0 heterocycles. The first kappa shape index (κ1) is 11.7. The molecular formula is C7H16BrO2P. The summed E-state index contributed by atoms with van der Waals surface area (Å²) in [5.74, 6) is 0. The molecular weight excluding hydrogens is 227 g/mol. The molecule has 0 rings (SSSR count). The predicted molar refractivity (Wildman–Crippen MR) is 56.0 cm³/mol. The summed E-state index contributed by atoms with van der Waals surface area (Å²) in [6.45, 7) is 5.30. The van der Waals surface area contributed by atoms with Gasteiger partial charge in [-0.3, -0.25) is 0 Å². The van der Waals surface area contributed by atoms with Gasteiger partial charge in [0.05, 0.1) is 13.2 Å². The van der Waals surface area contributed by atoms with Crippen molar-refractivity contribution in [2.24, 2.45) is 0 Å². The summed E-state index contributed by atoms with van der Waals surface area (Å²) in [7, 11) is -1.77. The van der Waals surface area contributed by atoms with Gasteiger partial charge in [-0.05, 0) is 13.8 Å². The SMILES string of the molecule is C=P(CCBr)(OCC)OCC. The van der Waals surface area contributed by atoms with Crippen LogP contribution in [0.4, 0.5) is 0 Å². The number of hydrogen-bond donors (Lipinski definition) is 0. The number of alkyl halides is 1. The second-order valence-corrected chi connectivity index (χ2v) is 5.45. The van der Waals surface area contributed by atoms with E-state index in [0.717, 1.165) is 11.5 Å². The lowest BCUT2D eigenvalue weighted by Crippen LogP contribution is -2.00. The molecule has 0 saturated heterocycles. The summed E-state index contributed by atoms with van der Waals surface area (Å²) in [6, 6.07) is 0. The molecule has 11 heavy (non-hydrogen) atoms. The fourth-order valence-electron chi connectivity index (χ4n) is 0.766. The van der Waals surface area contributed by atoms with Crippen LogP contribution in [0.25, 0.3) is 0 Å². The molecule has 4 heteroatoms. The van der Waals surface area contributed by atoms with Gasteiger partial charge < -0.3 is 9.05 Å². The minimum atomic E-state index is -1.77. The largest absolute Gasteiger partial charge is 0.338 e. The van der Waals surface area contributed by atoms with Crippen molar-refractivity contribution in [2.45, 2.75) is 13.8 Å². The third-order valence-corrected chi connectivity index (χ3v) is 4.53. The van der Waals surface area contributed by atoms with Crippen LogP contribution in [0.2, 0.25) is 0 Å². The molecule has 2 nitrogen and oxygen atoms in total. The zero-order valence-corrected chi connectivity index (χ0v) is 9.66. The fraction of sp³-hybridized carbons (Fsp3) is 0.857. The average Bonchev–Trinajstić information content (AvgIpc) is 1.88. The molecule has 0 spiro atoms. The highest BCUT2D eigenvalue weighted by Crippen LogP contribution is 2.47. The van der Waals surface area contributed by atoms with E-state index in [1.807, 2.05) is 13.8 Å². The van der Waals surface area contributed by atoms with Gasteiger partial charge in [-0.15, -0.1) is 0 Å². The van der Waals surface area contributed by atoms with Gasteiger partial charge in [0, 0.05) is 11.5 Å². The summed E-state index contributed by atoms with van der Waals surface area (Å²) < 4.78 is 10.9. The van der Waals surface area contributed by atoms with Crippen molar-refractivity contribution in [3.8, 4) is 0 Å². The van der Waals surface area contributed by atoms with Crippen molar-refractivity contribution in [2.75, 3.05) is 24.7 Å². The summed E-state index contributed by atoms with van der Waals surface area (Å²) in [6.07, 6.45) is 4.86. The van der Waals surface area contributed by atoms with Gasteiger partial charge in [0.2, 0.25) is 0 Å². The molecule has 0 unspecified atom stereocenters. The third-order valence-electron chi connectivity index (χ3n) is 1.15. The number of rotatable bonds is 6. The van der Waals surface area contributed by atoms with Crippen molar-refractivity contribution >= 4 is 29.6 Å². The first-order chi connectivity index (χ1) is 5.18. The van der Waals surface area contributed by atoms with Crippen LogP contribution in [0.1, 0.15) is 13.8 Å². The van der Waals surface area contributed by atoms with E-state index in [0.29, 0.717) is 13.2 Å². The molecule has 0 aromatic rings. The predicted octanol–water partition coefficient (Wildman–Crippen LogP) is 2.73. The summed E-state index contributed by atoms with van der Waals surface area (Å²) in [5.41, 5.74) is 0. The fourth-order valence-corrected chi connectivity index (χ4v) is 3.92. The van der Waals surface area contributed by atoms with Crippen molar-refractivity contribution in [1.29, 1.82) is 0 Å². The van der Waals surface area contributed by atoms with Crippen LogP contribution >= 0.6 is 23.3 Å². The average molecular weight is 243 g/mol. The van der Waals surface area contributed by atoms with Crippen LogP contribution in [0.5, 0.6) is 0 Å². The molecule has 0 N–H and O–H groups in total. The van der Waals surface area contributed by atoms with E-state index < -0.39 is 7.34 Å². The van der Waals surface area contributed by atoms with Crippen molar-refractivity contribution in [3.05, 3.63) is 0 Å². The second-order valence-electron chi connectivity index (χ2n) is 2.06. The maximum absolute atomic E-state index is 5.46. The highest BCUT2D eigenvalue weighted by Gasteiger charge is 2.12. The normalized spacial score (nSPS) is 11.9. The molecule has 68 valence electrons. The quantitative estimate of drug-likeness (QED) is 0.527. The van der Waals surface area contributed by atoms with Crippen LogP contribution in [0.3, 0.4) is 0 Å². The van der Waals surface area contributed by atoms with Crippen LogP contribution < -0.4 is 0 Å². The first-order valence-corrected chi connectivity index (χ1v) is 6.87. The Hall–Kier alpha value is 0.700. The van der Waals surface area contributed by atoms with Crippen molar-refractivity contribution < 1.29 is 9.05 Å². The van der Waals surface area contributed by atoms with E-state index in [4.69, 9.17) is 9.05 Å². The molecule has 0 aromatic heterocycles. The minimum Gasteiger partial charge on any atom is -0.338 e. The van der Waals surface area contributed by atoms with Crippen LogP contribution in [0, 0.1) is 0 Å². The zero-order valence-electron chi connectivity index (χ0n) is 7.18. The highest BCUT2D eigenvalue weighted by atomic mass is 79.9. The van der Waals surface area contributed by atoms with E-state index in [1.165, 1.54) is 0 Å². The van der Waals surface area contributed by atoms with Crippen LogP contribution in [-0.4, -0.2) is 31.0 Å². The first-order valence-electron chi connectivity index (χ1n) is 3.76. The van der Waals surface area contributed by atoms with Gasteiger partial charge in [-0.1, -0.05) is 22.2 Å². The molecule has 0 atom stereocenters. The van der Waals surface area contributed by atoms with E-state index >= 15 is 0 Å². The molecule has 0 aliphatic rings. The Labute approximate surface area is 77.5 Å². The molecule has 0 bridgehead atoms. The van der Waals surface area contributed by atoms with Gasteiger partial charge in [0.25, 0.3) is 0 Å². The van der Waals surface area contributed by atoms with Gasteiger partial charge in [0.1, 0.15) is 7.34 Å². The topological polar surface area (TPSA) is 18.5 Å². The Kier molecular flexibility index (Phi) is 6.64. The van der Waals surface area contributed by atoms with Gasteiger partial charge in [0.15, 0.2) is 0 Å². The van der Waals surface area contributed by atoms with Crippen LogP contribution in [-0.2, 0) is 9.05 Å². The second kappa shape index (κ2) is 6.24. The third kappa shape index (κ3) is 5.02. The molecule has 0 amide bonds.